The third kappa shape index (κ3) is 1.61. The Kier molecular flexibility index (Phi) is 2.45. The predicted molar refractivity (Wildman–Crippen MR) is 79.7 cm³/mol. The molecule has 20 heavy (non-hydrogen) atoms. The van der Waals surface area contributed by atoms with Gasteiger partial charge in [-0.05, 0) is 17.2 Å². The van der Waals surface area contributed by atoms with Gasteiger partial charge in [-0.3, -0.25) is 0 Å². The second kappa shape index (κ2) is 4.10. The van der Waals surface area contributed by atoms with E-state index in [9.17, 15) is 0 Å². The SMILES string of the molecule is C[N+]1(C)CCc2cccc3c2[C@H]1[C@@H](c1ccccc1)O3. The minimum absolute atomic E-state index is 0.141. The fourth-order valence-corrected chi connectivity index (χ4v) is 3.76. The molecule has 2 heteroatoms. The quantitative estimate of drug-likeness (QED) is 0.718. The van der Waals surface area contributed by atoms with Crippen LogP contribution in [-0.2, 0) is 6.42 Å². The average Bonchev–Trinajstić information content (AvgIpc) is 2.86. The minimum Gasteiger partial charge on any atom is -0.479 e. The molecule has 0 unspecified atom stereocenters. The highest BCUT2D eigenvalue weighted by Crippen LogP contribution is 2.52. The summed E-state index contributed by atoms with van der Waals surface area (Å²) in [6.45, 7) is 1.17. The fourth-order valence-electron chi connectivity index (χ4n) is 3.76. The number of likely N-dealkylation sites (N-methyl/N-ethyl adjacent to an activating group) is 1. The summed E-state index contributed by atoms with van der Waals surface area (Å²) in [6.07, 6.45) is 1.29. The molecule has 0 spiro atoms. The van der Waals surface area contributed by atoms with Crippen molar-refractivity contribution in [3.8, 4) is 5.75 Å². The molecular formula is C18H20NO+. The lowest BCUT2D eigenvalue weighted by Crippen LogP contribution is -2.48. The Morgan fingerprint density at radius 1 is 1.00 bits per heavy atom. The van der Waals surface area contributed by atoms with E-state index in [4.69, 9.17) is 4.74 Å². The van der Waals surface area contributed by atoms with Gasteiger partial charge >= 0.3 is 0 Å². The normalized spacial score (nSPS) is 25.9. The molecule has 0 N–H and O–H groups in total. The maximum Gasteiger partial charge on any atom is 0.180 e. The zero-order valence-electron chi connectivity index (χ0n) is 12.0. The zero-order valence-corrected chi connectivity index (χ0v) is 12.0. The molecule has 4 rings (SSSR count). The van der Waals surface area contributed by atoms with Crippen molar-refractivity contribution in [3.63, 3.8) is 0 Å². The second-order valence-electron chi connectivity index (χ2n) is 6.48. The first-order chi connectivity index (χ1) is 9.67. The number of hydrogen-bond acceptors (Lipinski definition) is 1. The van der Waals surface area contributed by atoms with Crippen LogP contribution < -0.4 is 4.74 Å². The summed E-state index contributed by atoms with van der Waals surface area (Å²) in [5.41, 5.74) is 4.20. The van der Waals surface area contributed by atoms with Crippen molar-refractivity contribution in [2.75, 3.05) is 20.6 Å². The lowest BCUT2D eigenvalue weighted by atomic mass is 9.87. The van der Waals surface area contributed by atoms with E-state index in [1.807, 2.05) is 0 Å². The number of benzene rings is 2. The molecule has 2 nitrogen and oxygen atoms in total. The molecule has 2 atom stereocenters. The van der Waals surface area contributed by atoms with Gasteiger partial charge in [0.15, 0.2) is 12.1 Å². The molecule has 0 saturated heterocycles. The van der Waals surface area contributed by atoms with E-state index in [1.54, 1.807) is 0 Å². The van der Waals surface area contributed by atoms with Crippen LogP contribution >= 0.6 is 0 Å². The van der Waals surface area contributed by atoms with Gasteiger partial charge in [0, 0.05) is 6.42 Å². The van der Waals surface area contributed by atoms with E-state index < -0.39 is 0 Å². The number of ether oxygens (including phenoxy) is 1. The van der Waals surface area contributed by atoms with E-state index in [0.717, 1.165) is 16.7 Å². The Bertz CT molecular complexity index is 648. The molecule has 0 saturated carbocycles. The first-order valence-corrected chi connectivity index (χ1v) is 7.33. The van der Waals surface area contributed by atoms with Crippen LogP contribution in [0.15, 0.2) is 48.5 Å². The maximum absolute atomic E-state index is 6.34. The van der Waals surface area contributed by atoms with Crippen molar-refractivity contribution in [3.05, 3.63) is 65.2 Å². The van der Waals surface area contributed by atoms with Crippen molar-refractivity contribution in [1.29, 1.82) is 0 Å². The molecule has 0 amide bonds. The van der Waals surface area contributed by atoms with Crippen molar-refractivity contribution in [1.82, 2.24) is 0 Å². The maximum atomic E-state index is 6.34. The first-order valence-electron chi connectivity index (χ1n) is 7.33. The van der Waals surface area contributed by atoms with Gasteiger partial charge in [0.25, 0.3) is 0 Å². The van der Waals surface area contributed by atoms with Crippen LogP contribution in [0.2, 0.25) is 0 Å². The van der Waals surface area contributed by atoms with E-state index >= 15 is 0 Å². The molecule has 2 aliphatic rings. The summed E-state index contributed by atoms with van der Waals surface area (Å²) in [5.74, 6) is 1.09. The van der Waals surface area contributed by atoms with E-state index in [1.165, 1.54) is 23.2 Å². The highest BCUT2D eigenvalue weighted by molar-refractivity contribution is 5.48. The largest absolute Gasteiger partial charge is 0.479 e. The molecular weight excluding hydrogens is 246 g/mol. The second-order valence-corrected chi connectivity index (χ2v) is 6.48. The van der Waals surface area contributed by atoms with Crippen molar-refractivity contribution < 1.29 is 9.22 Å². The van der Waals surface area contributed by atoms with Crippen LogP contribution in [0.25, 0.3) is 0 Å². The van der Waals surface area contributed by atoms with E-state index in [2.05, 4.69) is 62.6 Å². The Morgan fingerprint density at radius 2 is 1.80 bits per heavy atom. The lowest BCUT2D eigenvalue weighted by Gasteiger charge is -2.41. The van der Waals surface area contributed by atoms with Crippen LogP contribution in [0.3, 0.4) is 0 Å². The van der Waals surface area contributed by atoms with Gasteiger partial charge < -0.3 is 9.22 Å². The summed E-state index contributed by atoms with van der Waals surface area (Å²) in [4.78, 5) is 0. The summed E-state index contributed by atoms with van der Waals surface area (Å²) in [7, 11) is 4.66. The van der Waals surface area contributed by atoms with Crippen LogP contribution in [0.4, 0.5) is 0 Å². The van der Waals surface area contributed by atoms with Crippen LogP contribution in [0, 0.1) is 0 Å². The zero-order chi connectivity index (χ0) is 13.7. The van der Waals surface area contributed by atoms with Crippen LogP contribution in [0.5, 0.6) is 5.75 Å². The molecule has 2 aromatic rings. The molecule has 2 aliphatic heterocycles. The predicted octanol–water partition coefficient (Wildman–Crippen LogP) is 3.49. The van der Waals surface area contributed by atoms with Gasteiger partial charge in [0.05, 0.1) is 26.2 Å². The molecule has 0 bridgehead atoms. The third-order valence-electron chi connectivity index (χ3n) is 4.83. The molecule has 2 heterocycles. The Balaban J connectivity index is 1.88. The average molecular weight is 266 g/mol. The Labute approximate surface area is 120 Å². The van der Waals surface area contributed by atoms with Gasteiger partial charge in [0.2, 0.25) is 0 Å². The summed E-state index contributed by atoms with van der Waals surface area (Å²) < 4.78 is 7.34. The van der Waals surface area contributed by atoms with Gasteiger partial charge in [-0.2, -0.15) is 0 Å². The topological polar surface area (TPSA) is 9.23 Å². The lowest BCUT2D eigenvalue weighted by molar-refractivity contribution is -0.925. The molecule has 0 aliphatic carbocycles. The van der Waals surface area contributed by atoms with E-state index in [-0.39, 0.29) is 6.10 Å². The monoisotopic (exact) mass is 266 g/mol. The number of nitrogens with zero attached hydrogens (tertiary/aromatic N) is 1. The summed E-state index contributed by atoms with van der Waals surface area (Å²) >= 11 is 0. The number of hydrogen-bond donors (Lipinski definition) is 0. The van der Waals surface area contributed by atoms with Gasteiger partial charge in [-0.1, -0.05) is 42.5 Å². The number of quaternary nitrogens is 1. The third-order valence-corrected chi connectivity index (χ3v) is 4.83. The van der Waals surface area contributed by atoms with Gasteiger partial charge in [0.1, 0.15) is 5.75 Å². The molecule has 102 valence electrons. The Morgan fingerprint density at radius 3 is 2.60 bits per heavy atom. The van der Waals surface area contributed by atoms with Gasteiger partial charge in [-0.25, -0.2) is 0 Å². The fraction of sp³-hybridized carbons (Fsp3) is 0.333. The van der Waals surface area contributed by atoms with Crippen molar-refractivity contribution in [2.45, 2.75) is 18.6 Å². The standard InChI is InChI=1S/C18H20NO/c1-19(2)12-11-13-9-6-10-15-16(13)17(19)18(20-15)14-7-4-3-5-8-14/h3-10,17-18H,11-12H2,1-2H3/q+1/t17-,18+/m0/s1. The summed E-state index contributed by atoms with van der Waals surface area (Å²) in [5, 5.41) is 0. The highest BCUT2D eigenvalue weighted by Gasteiger charge is 2.49. The summed E-state index contributed by atoms with van der Waals surface area (Å²) in [6, 6.07) is 17.6. The van der Waals surface area contributed by atoms with Crippen molar-refractivity contribution in [2.24, 2.45) is 0 Å². The Hall–Kier alpha value is -1.80. The molecule has 0 radical (unpaired) electrons. The van der Waals surface area contributed by atoms with Gasteiger partial charge in [-0.15, -0.1) is 0 Å². The van der Waals surface area contributed by atoms with Crippen LogP contribution in [-0.4, -0.2) is 25.1 Å². The highest BCUT2D eigenvalue weighted by atomic mass is 16.5. The minimum atomic E-state index is 0.141. The van der Waals surface area contributed by atoms with Crippen molar-refractivity contribution >= 4 is 0 Å². The smallest absolute Gasteiger partial charge is 0.180 e. The van der Waals surface area contributed by atoms with E-state index in [0.29, 0.717) is 6.04 Å². The molecule has 0 aromatic heterocycles. The number of rotatable bonds is 1. The molecule has 2 aromatic carbocycles. The molecule has 0 fully saturated rings. The van der Waals surface area contributed by atoms with Crippen LogP contribution in [0.1, 0.15) is 28.8 Å². The first kappa shape index (κ1) is 12.0.